The van der Waals surface area contributed by atoms with E-state index in [0.29, 0.717) is 10.6 Å². The van der Waals surface area contributed by atoms with Crippen LogP contribution in [0.15, 0.2) is 24.3 Å². The van der Waals surface area contributed by atoms with Crippen molar-refractivity contribution in [2.24, 2.45) is 0 Å². The molecule has 2 rings (SSSR count). The van der Waals surface area contributed by atoms with E-state index in [0.717, 1.165) is 10.6 Å². The summed E-state index contributed by atoms with van der Waals surface area (Å²) in [5.74, 6) is -0.676. The summed E-state index contributed by atoms with van der Waals surface area (Å²) >= 11 is 1.27. The van der Waals surface area contributed by atoms with Crippen molar-refractivity contribution in [3.05, 3.63) is 39.7 Å². The smallest absolute Gasteiger partial charge is 0.348 e. The fraction of sp³-hybridized carbons (Fsp3) is 0.412. The standard InChI is InChI=1S/C17H21NO2S/c1-10(2)15-18-13(14(21-15)16(19)20)11-6-8-12(9-7-11)17(3,4)5/h6-10H,1-5H3,(H,19,20). The Morgan fingerprint density at radius 1 is 1.19 bits per heavy atom. The zero-order valence-electron chi connectivity index (χ0n) is 13.1. The summed E-state index contributed by atoms with van der Waals surface area (Å²) in [7, 11) is 0. The minimum Gasteiger partial charge on any atom is -0.477 e. The highest BCUT2D eigenvalue weighted by atomic mass is 32.1. The summed E-state index contributed by atoms with van der Waals surface area (Å²) in [6.45, 7) is 10.5. The normalized spacial score (nSPS) is 11.9. The van der Waals surface area contributed by atoms with E-state index >= 15 is 0 Å². The van der Waals surface area contributed by atoms with Crippen LogP contribution in [-0.2, 0) is 5.41 Å². The van der Waals surface area contributed by atoms with Crippen molar-refractivity contribution >= 4 is 17.3 Å². The molecule has 1 aromatic carbocycles. The Morgan fingerprint density at radius 3 is 2.19 bits per heavy atom. The number of benzene rings is 1. The first-order valence-corrected chi connectivity index (χ1v) is 7.86. The zero-order chi connectivity index (χ0) is 15.8. The lowest BCUT2D eigenvalue weighted by molar-refractivity contribution is 0.0702. The van der Waals surface area contributed by atoms with E-state index in [4.69, 9.17) is 0 Å². The number of carboxylic acid groups (broad SMARTS) is 1. The molecule has 0 aliphatic rings. The summed E-state index contributed by atoms with van der Waals surface area (Å²) in [6, 6.07) is 8.03. The molecule has 112 valence electrons. The van der Waals surface area contributed by atoms with Gasteiger partial charge in [-0.25, -0.2) is 9.78 Å². The summed E-state index contributed by atoms with van der Waals surface area (Å²) in [6.07, 6.45) is 0. The van der Waals surface area contributed by atoms with E-state index in [2.05, 4.69) is 37.9 Å². The van der Waals surface area contributed by atoms with Gasteiger partial charge in [-0.15, -0.1) is 11.3 Å². The molecule has 0 saturated heterocycles. The molecular weight excluding hydrogens is 282 g/mol. The third-order valence-electron chi connectivity index (χ3n) is 3.36. The lowest BCUT2D eigenvalue weighted by atomic mass is 9.86. The van der Waals surface area contributed by atoms with Crippen LogP contribution in [0.25, 0.3) is 11.3 Å². The second-order valence-electron chi connectivity index (χ2n) is 6.52. The maximum atomic E-state index is 11.4. The van der Waals surface area contributed by atoms with Gasteiger partial charge in [-0.1, -0.05) is 58.9 Å². The fourth-order valence-corrected chi connectivity index (χ4v) is 2.98. The number of nitrogens with zero attached hydrogens (tertiary/aromatic N) is 1. The van der Waals surface area contributed by atoms with Gasteiger partial charge in [0, 0.05) is 11.5 Å². The molecular formula is C17H21NO2S. The molecule has 0 bridgehead atoms. The van der Waals surface area contributed by atoms with Gasteiger partial charge in [0.05, 0.1) is 10.7 Å². The van der Waals surface area contributed by atoms with Gasteiger partial charge < -0.3 is 5.11 Å². The van der Waals surface area contributed by atoms with Crippen LogP contribution in [-0.4, -0.2) is 16.1 Å². The van der Waals surface area contributed by atoms with Gasteiger partial charge >= 0.3 is 5.97 Å². The van der Waals surface area contributed by atoms with E-state index in [1.807, 2.05) is 26.0 Å². The highest BCUT2D eigenvalue weighted by Gasteiger charge is 2.21. The van der Waals surface area contributed by atoms with E-state index < -0.39 is 5.97 Å². The van der Waals surface area contributed by atoms with Gasteiger partial charge in [0.2, 0.25) is 0 Å². The van der Waals surface area contributed by atoms with Crippen LogP contribution in [0.3, 0.4) is 0 Å². The van der Waals surface area contributed by atoms with Gasteiger partial charge in [-0.05, 0) is 11.0 Å². The number of rotatable bonds is 3. The van der Waals surface area contributed by atoms with Crippen molar-refractivity contribution in [2.75, 3.05) is 0 Å². The molecule has 0 aliphatic heterocycles. The maximum Gasteiger partial charge on any atom is 0.348 e. The third-order valence-corrected chi connectivity index (χ3v) is 4.70. The topological polar surface area (TPSA) is 50.2 Å². The Balaban J connectivity index is 2.48. The van der Waals surface area contributed by atoms with Crippen molar-refractivity contribution in [3.8, 4) is 11.3 Å². The van der Waals surface area contributed by atoms with Crippen molar-refractivity contribution in [3.63, 3.8) is 0 Å². The summed E-state index contributed by atoms with van der Waals surface area (Å²) < 4.78 is 0. The van der Waals surface area contributed by atoms with E-state index in [1.165, 1.54) is 16.9 Å². The highest BCUT2D eigenvalue weighted by Crippen LogP contribution is 2.33. The Hall–Kier alpha value is -1.68. The Bertz CT molecular complexity index is 648. The Labute approximate surface area is 129 Å². The number of thiazole rings is 1. The molecule has 1 N–H and O–H groups in total. The lowest BCUT2D eigenvalue weighted by Gasteiger charge is -2.19. The monoisotopic (exact) mass is 303 g/mol. The van der Waals surface area contributed by atoms with Gasteiger partial charge in [0.15, 0.2) is 0 Å². The zero-order valence-corrected chi connectivity index (χ0v) is 13.9. The van der Waals surface area contributed by atoms with Crippen LogP contribution in [0.1, 0.15) is 60.8 Å². The minimum absolute atomic E-state index is 0.0827. The quantitative estimate of drug-likeness (QED) is 0.874. The summed E-state index contributed by atoms with van der Waals surface area (Å²) in [5.41, 5.74) is 2.75. The molecule has 0 spiro atoms. The van der Waals surface area contributed by atoms with E-state index in [9.17, 15) is 9.90 Å². The van der Waals surface area contributed by atoms with Crippen LogP contribution < -0.4 is 0 Å². The van der Waals surface area contributed by atoms with Crippen molar-refractivity contribution < 1.29 is 9.90 Å². The van der Waals surface area contributed by atoms with Crippen LogP contribution in [0.5, 0.6) is 0 Å². The second-order valence-corrected chi connectivity index (χ2v) is 7.55. The predicted octanol–water partition coefficient (Wildman–Crippen LogP) is 4.93. The Kier molecular flexibility index (Phi) is 4.19. The molecule has 0 aliphatic carbocycles. The highest BCUT2D eigenvalue weighted by molar-refractivity contribution is 7.14. The average Bonchev–Trinajstić information content (AvgIpc) is 2.83. The minimum atomic E-state index is -0.908. The molecule has 3 nitrogen and oxygen atoms in total. The molecule has 0 unspecified atom stereocenters. The Morgan fingerprint density at radius 2 is 1.76 bits per heavy atom. The van der Waals surface area contributed by atoms with E-state index in [-0.39, 0.29) is 11.3 Å². The molecule has 4 heteroatoms. The van der Waals surface area contributed by atoms with Crippen molar-refractivity contribution in [1.29, 1.82) is 0 Å². The van der Waals surface area contributed by atoms with Gasteiger partial charge in [0.1, 0.15) is 4.88 Å². The van der Waals surface area contributed by atoms with Crippen LogP contribution in [0.2, 0.25) is 0 Å². The van der Waals surface area contributed by atoms with Gasteiger partial charge in [-0.2, -0.15) is 0 Å². The summed E-state index contributed by atoms with van der Waals surface area (Å²) in [4.78, 5) is 16.3. The van der Waals surface area contributed by atoms with Crippen LogP contribution >= 0.6 is 11.3 Å². The second kappa shape index (κ2) is 5.60. The molecule has 0 amide bonds. The molecule has 0 saturated carbocycles. The molecule has 0 fully saturated rings. The van der Waals surface area contributed by atoms with Crippen molar-refractivity contribution in [1.82, 2.24) is 4.98 Å². The number of carboxylic acids is 1. The number of hydrogen-bond acceptors (Lipinski definition) is 3. The third kappa shape index (κ3) is 3.32. The first-order chi connectivity index (χ1) is 9.70. The predicted molar refractivity (Wildman–Crippen MR) is 87.3 cm³/mol. The summed E-state index contributed by atoms with van der Waals surface area (Å²) in [5, 5.41) is 10.2. The largest absolute Gasteiger partial charge is 0.477 e. The SMILES string of the molecule is CC(C)c1nc(-c2ccc(C(C)(C)C)cc2)c(C(=O)O)s1. The average molecular weight is 303 g/mol. The first-order valence-electron chi connectivity index (χ1n) is 7.05. The van der Waals surface area contributed by atoms with Gasteiger partial charge in [0.25, 0.3) is 0 Å². The van der Waals surface area contributed by atoms with E-state index in [1.54, 1.807) is 0 Å². The number of aromatic nitrogens is 1. The molecule has 0 radical (unpaired) electrons. The molecule has 1 aromatic heterocycles. The molecule has 2 aromatic rings. The van der Waals surface area contributed by atoms with Crippen molar-refractivity contribution in [2.45, 2.75) is 46.0 Å². The number of aromatic carboxylic acids is 1. The lowest BCUT2D eigenvalue weighted by Crippen LogP contribution is -2.10. The maximum absolute atomic E-state index is 11.4. The number of carbonyl (C=O) groups is 1. The molecule has 1 heterocycles. The van der Waals surface area contributed by atoms with Gasteiger partial charge in [-0.3, -0.25) is 0 Å². The number of hydrogen-bond donors (Lipinski definition) is 1. The van der Waals surface area contributed by atoms with Crippen LogP contribution in [0.4, 0.5) is 0 Å². The van der Waals surface area contributed by atoms with Crippen LogP contribution in [0, 0.1) is 0 Å². The molecule has 0 atom stereocenters. The first kappa shape index (κ1) is 15.7. The fourth-order valence-electron chi connectivity index (χ4n) is 2.05. The molecule has 21 heavy (non-hydrogen) atoms.